The molecule has 2 fully saturated rings. The molecule has 7 nitrogen and oxygen atoms in total. The van der Waals surface area contributed by atoms with E-state index in [1.54, 1.807) is 0 Å². The Morgan fingerprint density at radius 2 is 1.91 bits per heavy atom. The first-order valence-corrected chi connectivity index (χ1v) is 12.3. The standard InChI is InChI=1S/C26H38N2O5/c1-17-7-12-23-20(14-17)18-8-10-19(11-9-18)31-15-22-21(27-25(30)33-26(2,3)4)6-5-13-28(22)24(29)16-32-23/h7,12,14,18-19,21-22H,5-6,8-11,13,15-16H2,1-4H3,(H,27,30)/t18-,19+,21-,22-/m0/s1. The molecule has 0 radical (unpaired) electrons. The summed E-state index contributed by atoms with van der Waals surface area (Å²) in [5, 5.41) is 3.01. The third-order valence-corrected chi connectivity index (χ3v) is 6.93. The lowest BCUT2D eigenvalue weighted by Gasteiger charge is -2.42. The summed E-state index contributed by atoms with van der Waals surface area (Å²) in [7, 11) is 0. The molecule has 7 heteroatoms. The van der Waals surface area contributed by atoms with Crippen LogP contribution in [0.5, 0.6) is 5.75 Å². The van der Waals surface area contributed by atoms with Gasteiger partial charge in [0.05, 0.1) is 24.8 Å². The van der Waals surface area contributed by atoms with Crippen molar-refractivity contribution in [2.24, 2.45) is 0 Å². The highest BCUT2D eigenvalue weighted by atomic mass is 16.6. The van der Waals surface area contributed by atoms with Gasteiger partial charge in [0.1, 0.15) is 11.4 Å². The van der Waals surface area contributed by atoms with Gasteiger partial charge in [0, 0.05) is 6.54 Å². The van der Waals surface area contributed by atoms with Crippen molar-refractivity contribution in [2.75, 3.05) is 19.8 Å². The van der Waals surface area contributed by atoms with Gasteiger partial charge in [0.2, 0.25) is 0 Å². The molecule has 1 saturated carbocycles. The van der Waals surface area contributed by atoms with Crippen LogP contribution >= 0.6 is 0 Å². The maximum atomic E-state index is 13.3. The number of hydrogen-bond donors (Lipinski definition) is 1. The zero-order valence-electron chi connectivity index (χ0n) is 20.4. The SMILES string of the molecule is Cc1ccc2c(c1)[C@H]1CC[C@H](CC1)OC[C@H]1[C@@H](NC(=O)OC(C)(C)C)CCCN1C(=O)CO2. The van der Waals surface area contributed by atoms with E-state index in [4.69, 9.17) is 14.2 Å². The van der Waals surface area contributed by atoms with Crippen LogP contribution in [-0.4, -0.2) is 60.4 Å². The van der Waals surface area contributed by atoms with Crippen molar-refractivity contribution in [2.45, 2.75) is 95.9 Å². The van der Waals surface area contributed by atoms with E-state index in [1.807, 2.05) is 37.8 Å². The molecule has 2 amide bonds. The largest absolute Gasteiger partial charge is 0.483 e. The molecule has 1 aromatic carbocycles. The smallest absolute Gasteiger partial charge is 0.407 e. The molecular formula is C26H38N2O5. The Bertz CT molecular complexity index is 857. The molecule has 4 aliphatic rings. The summed E-state index contributed by atoms with van der Waals surface area (Å²) < 4.78 is 17.9. The van der Waals surface area contributed by atoms with E-state index in [1.165, 1.54) is 11.1 Å². The third-order valence-electron chi connectivity index (χ3n) is 6.93. The zero-order chi connectivity index (χ0) is 23.6. The second-order valence-corrected chi connectivity index (χ2v) is 10.7. The molecule has 2 atom stereocenters. The van der Waals surface area contributed by atoms with Gasteiger partial charge >= 0.3 is 6.09 Å². The Labute approximate surface area is 197 Å². The quantitative estimate of drug-likeness (QED) is 0.678. The zero-order valence-corrected chi connectivity index (χ0v) is 20.4. The van der Waals surface area contributed by atoms with Gasteiger partial charge in [-0.25, -0.2) is 4.79 Å². The molecule has 0 aromatic heterocycles. The predicted molar refractivity (Wildman–Crippen MR) is 126 cm³/mol. The number of amides is 2. The topological polar surface area (TPSA) is 77.1 Å². The number of carbonyl (C=O) groups excluding carboxylic acids is 2. The third kappa shape index (κ3) is 5.99. The molecule has 1 N–H and O–H groups in total. The van der Waals surface area contributed by atoms with Gasteiger partial charge < -0.3 is 24.4 Å². The number of piperidine rings is 1. The number of aryl methyl sites for hydroxylation is 1. The van der Waals surface area contributed by atoms with Crippen molar-refractivity contribution in [1.29, 1.82) is 0 Å². The van der Waals surface area contributed by atoms with Gasteiger partial charge in [-0.3, -0.25) is 4.79 Å². The first-order valence-electron chi connectivity index (χ1n) is 12.3. The molecule has 5 rings (SSSR count). The minimum absolute atomic E-state index is 0.0120. The van der Waals surface area contributed by atoms with Gasteiger partial charge in [0.15, 0.2) is 6.61 Å². The van der Waals surface area contributed by atoms with Crippen LogP contribution in [0, 0.1) is 6.92 Å². The van der Waals surface area contributed by atoms with Crippen LogP contribution in [0.4, 0.5) is 4.79 Å². The van der Waals surface area contributed by atoms with Gasteiger partial charge in [0.25, 0.3) is 5.91 Å². The van der Waals surface area contributed by atoms with Crippen LogP contribution in [0.25, 0.3) is 0 Å². The first-order chi connectivity index (χ1) is 15.7. The molecule has 2 bridgehead atoms. The van der Waals surface area contributed by atoms with Gasteiger partial charge in [-0.05, 0) is 83.8 Å². The molecule has 3 heterocycles. The molecule has 1 saturated heterocycles. The highest BCUT2D eigenvalue weighted by Gasteiger charge is 2.38. The second-order valence-electron chi connectivity index (χ2n) is 10.7. The average molecular weight is 459 g/mol. The number of ether oxygens (including phenoxy) is 3. The molecule has 3 aliphatic heterocycles. The van der Waals surface area contributed by atoms with Crippen molar-refractivity contribution < 1.29 is 23.8 Å². The van der Waals surface area contributed by atoms with E-state index < -0.39 is 11.7 Å². The second kappa shape index (κ2) is 9.92. The molecule has 1 aromatic rings. The van der Waals surface area contributed by atoms with E-state index in [9.17, 15) is 9.59 Å². The van der Waals surface area contributed by atoms with Crippen molar-refractivity contribution in [3.63, 3.8) is 0 Å². The number of carbonyl (C=O) groups is 2. The highest BCUT2D eigenvalue weighted by Crippen LogP contribution is 2.39. The normalized spacial score (nSPS) is 28.4. The highest BCUT2D eigenvalue weighted by molar-refractivity contribution is 5.78. The number of benzene rings is 1. The molecule has 33 heavy (non-hydrogen) atoms. The number of hydrogen-bond acceptors (Lipinski definition) is 5. The molecule has 182 valence electrons. The van der Waals surface area contributed by atoms with Crippen molar-refractivity contribution in [1.82, 2.24) is 10.2 Å². The van der Waals surface area contributed by atoms with Crippen LogP contribution in [0.2, 0.25) is 0 Å². The van der Waals surface area contributed by atoms with Gasteiger partial charge in [-0.2, -0.15) is 0 Å². The van der Waals surface area contributed by atoms with Crippen molar-refractivity contribution >= 4 is 12.0 Å². The van der Waals surface area contributed by atoms with E-state index in [0.29, 0.717) is 19.1 Å². The minimum atomic E-state index is -0.576. The van der Waals surface area contributed by atoms with E-state index in [-0.39, 0.29) is 30.7 Å². The number of nitrogens with one attached hydrogen (secondary N) is 1. The van der Waals surface area contributed by atoms with E-state index in [2.05, 4.69) is 18.3 Å². The fourth-order valence-electron chi connectivity index (χ4n) is 5.32. The summed E-state index contributed by atoms with van der Waals surface area (Å²) in [5.41, 5.74) is 1.84. The minimum Gasteiger partial charge on any atom is -0.483 e. The Balaban J connectivity index is 1.55. The first kappa shape index (κ1) is 23.9. The molecular weight excluding hydrogens is 420 g/mol. The van der Waals surface area contributed by atoms with Gasteiger partial charge in [-0.15, -0.1) is 0 Å². The van der Waals surface area contributed by atoms with Gasteiger partial charge in [-0.1, -0.05) is 17.7 Å². The monoisotopic (exact) mass is 458 g/mol. The Kier molecular flexibility index (Phi) is 7.17. The summed E-state index contributed by atoms with van der Waals surface area (Å²) in [6, 6.07) is 5.80. The number of alkyl carbamates (subject to hydrolysis) is 1. The van der Waals surface area contributed by atoms with Crippen LogP contribution < -0.4 is 10.1 Å². The maximum Gasteiger partial charge on any atom is 0.407 e. The Morgan fingerprint density at radius 1 is 1.15 bits per heavy atom. The fourth-order valence-corrected chi connectivity index (χ4v) is 5.32. The Hall–Kier alpha value is -2.28. The van der Waals surface area contributed by atoms with Crippen LogP contribution in [0.15, 0.2) is 18.2 Å². The lowest BCUT2D eigenvalue weighted by molar-refractivity contribution is -0.140. The summed E-state index contributed by atoms with van der Waals surface area (Å²) >= 11 is 0. The maximum absolute atomic E-state index is 13.3. The predicted octanol–water partition coefficient (Wildman–Crippen LogP) is 4.31. The summed E-state index contributed by atoms with van der Waals surface area (Å²) in [6.45, 7) is 8.67. The van der Waals surface area contributed by atoms with E-state index in [0.717, 1.165) is 44.3 Å². The van der Waals surface area contributed by atoms with Crippen LogP contribution in [-0.2, 0) is 14.3 Å². The number of nitrogens with zero attached hydrogens (tertiary/aromatic N) is 1. The van der Waals surface area contributed by atoms with E-state index >= 15 is 0 Å². The lowest BCUT2D eigenvalue weighted by Crippen LogP contribution is -2.60. The lowest BCUT2D eigenvalue weighted by atomic mass is 9.82. The number of rotatable bonds is 1. The molecule has 0 unspecified atom stereocenters. The van der Waals surface area contributed by atoms with Crippen LogP contribution in [0.3, 0.4) is 0 Å². The fraction of sp³-hybridized carbons (Fsp3) is 0.692. The number of fused-ring (bicyclic) bond motifs is 5. The summed E-state index contributed by atoms with van der Waals surface area (Å²) in [6.07, 6.45) is 5.39. The molecule has 0 spiro atoms. The average Bonchev–Trinajstić information content (AvgIpc) is 2.77. The van der Waals surface area contributed by atoms with Crippen LogP contribution in [0.1, 0.15) is 76.3 Å². The molecule has 1 aliphatic carbocycles. The van der Waals surface area contributed by atoms with Crippen molar-refractivity contribution in [3.05, 3.63) is 29.3 Å². The van der Waals surface area contributed by atoms with Crippen molar-refractivity contribution in [3.8, 4) is 5.75 Å². The summed E-state index contributed by atoms with van der Waals surface area (Å²) in [5.74, 6) is 1.17. The Morgan fingerprint density at radius 3 is 2.64 bits per heavy atom. The summed E-state index contributed by atoms with van der Waals surface area (Å²) in [4.78, 5) is 27.6.